The number of anilines is 2. The van der Waals surface area contributed by atoms with Crippen molar-refractivity contribution in [3.05, 3.63) is 46.3 Å². The third-order valence-electron chi connectivity index (χ3n) is 3.08. The fourth-order valence-corrected chi connectivity index (χ4v) is 2.13. The largest absolute Gasteiger partial charge is 0.348 e. The lowest BCUT2D eigenvalue weighted by atomic mass is 10.2. The average Bonchev–Trinajstić information content (AvgIpc) is 2.50. The Balaban J connectivity index is 2.16. The maximum absolute atomic E-state index is 12.1. The number of aromatic nitrogens is 2. The number of nitrogens with one attached hydrogen (secondary N) is 2. The molecule has 0 aliphatic heterocycles. The summed E-state index contributed by atoms with van der Waals surface area (Å²) in [6, 6.07) is 6.75. The van der Waals surface area contributed by atoms with Crippen LogP contribution in [-0.2, 0) is 0 Å². The van der Waals surface area contributed by atoms with Gasteiger partial charge in [-0.2, -0.15) is 0 Å². The Kier molecular flexibility index (Phi) is 5.57. The molecule has 2 aromatic rings. The second kappa shape index (κ2) is 7.42. The summed E-state index contributed by atoms with van der Waals surface area (Å²) in [5.74, 6) is 0.246. The van der Waals surface area contributed by atoms with Gasteiger partial charge in [0.2, 0.25) is 0 Å². The van der Waals surface area contributed by atoms with Gasteiger partial charge in [-0.15, -0.1) is 0 Å². The summed E-state index contributed by atoms with van der Waals surface area (Å²) in [6.07, 6.45) is 2.18. The third-order valence-corrected chi connectivity index (χ3v) is 3.63. The van der Waals surface area contributed by atoms with E-state index in [1.54, 1.807) is 24.3 Å². The van der Waals surface area contributed by atoms with E-state index < -0.39 is 0 Å². The quantitative estimate of drug-likeness (QED) is 0.862. The minimum absolute atomic E-state index is 0.0876. The van der Waals surface area contributed by atoms with Crippen molar-refractivity contribution in [2.45, 2.75) is 26.3 Å². The molecular weight excluding hydrogens is 323 g/mol. The van der Waals surface area contributed by atoms with Crippen molar-refractivity contribution in [1.82, 2.24) is 15.3 Å². The molecule has 5 nitrogen and oxygen atoms in total. The van der Waals surface area contributed by atoms with E-state index in [0.29, 0.717) is 27.2 Å². The van der Waals surface area contributed by atoms with Gasteiger partial charge in [0.15, 0.2) is 0 Å². The van der Waals surface area contributed by atoms with Gasteiger partial charge in [-0.1, -0.05) is 30.1 Å². The minimum atomic E-state index is -0.234. The SMILES string of the molecule is CCC(C)NC(=O)c1cc(Nc2ccc(Cl)cc2Cl)ncn1. The first kappa shape index (κ1) is 16.5. The maximum atomic E-state index is 12.1. The van der Waals surface area contributed by atoms with Crippen molar-refractivity contribution in [3.63, 3.8) is 0 Å². The maximum Gasteiger partial charge on any atom is 0.270 e. The molecule has 0 aliphatic rings. The van der Waals surface area contributed by atoms with Crippen LogP contribution in [0.3, 0.4) is 0 Å². The van der Waals surface area contributed by atoms with Gasteiger partial charge in [0, 0.05) is 17.1 Å². The minimum Gasteiger partial charge on any atom is -0.348 e. The Morgan fingerprint density at radius 2 is 2.05 bits per heavy atom. The van der Waals surface area contributed by atoms with Crippen LogP contribution in [0.15, 0.2) is 30.6 Å². The van der Waals surface area contributed by atoms with Crippen molar-refractivity contribution < 1.29 is 4.79 Å². The zero-order valence-electron chi connectivity index (χ0n) is 12.2. The molecule has 1 atom stereocenters. The summed E-state index contributed by atoms with van der Waals surface area (Å²) in [6.45, 7) is 3.94. The van der Waals surface area contributed by atoms with Gasteiger partial charge in [0.1, 0.15) is 17.8 Å². The van der Waals surface area contributed by atoms with Gasteiger partial charge in [0.25, 0.3) is 5.91 Å². The zero-order valence-corrected chi connectivity index (χ0v) is 13.7. The molecule has 0 saturated carbocycles. The smallest absolute Gasteiger partial charge is 0.270 e. The Hall–Kier alpha value is -1.85. The number of rotatable bonds is 5. The van der Waals surface area contributed by atoms with E-state index in [1.807, 2.05) is 13.8 Å². The number of hydrogen-bond donors (Lipinski definition) is 2. The van der Waals surface area contributed by atoms with Crippen LogP contribution in [0, 0.1) is 0 Å². The van der Waals surface area contributed by atoms with Gasteiger partial charge >= 0.3 is 0 Å². The monoisotopic (exact) mass is 338 g/mol. The molecule has 7 heteroatoms. The molecule has 1 heterocycles. The number of carbonyl (C=O) groups is 1. The first-order valence-corrected chi connectivity index (χ1v) is 7.60. The summed E-state index contributed by atoms with van der Waals surface area (Å²) in [4.78, 5) is 20.1. The number of halogens is 2. The van der Waals surface area contributed by atoms with E-state index in [9.17, 15) is 4.79 Å². The van der Waals surface area contributed by atoms with Gasteiger partial charge in [0.05, 0.1) is 10.7 Å². The normalized spacial score (nSPS) is 11.8. The molecule has 0 aliphatic carbocycles. The number of carbonyl (C=O) groups excluding carboxylic acids is 1. The lowest BCUT2D eigenvalue weighted by Gasteiger charge is -2.12. The molecule has 22 heavy (non-hydrogen) atoms. The second-order valence-corrected chi connectivity index (χ2v) is 5.66. The Morgan fingerprint density at radius 1 is 1.27 bits per heavy atom. The highest BCUT2D eigenvalue weighted by Gasteiger charge is 2.11. The highest BCUT2D eigenvalue weighted by atomic mass is 35.5. The molecule has 0 saturated heterocycles. The summed E-state index contributed by atoms with van der Waals surface area (Å²) >= 11 is 12.0. The third kappa shape index (κ3) is 4.32. The van der Waals surface area contributed by atoms with Crippen molar-refractivity contribution >= 4 is 40.6 Å². The highest BCUT2D eigenvalue weighted by molar-refractivity contribution is 6.36. The molecule has 0 bridgehead atoms. The Bertz CT molecular complexity index is 678. The van der Waals surface area contributed by atoms with E-state index in [4.69, 9.17) is 23.2 Å². The summed E-state index contributed by atoms with van der Waals surface area (Å²) < 4.78 is 0. The van der Waals surface area contributed by atoms with E-state index in [1.165, 1.54) is 6.33 Å². The lowest BCUT2D eigenvalue weighted by Crippen LogP contribution is -2.32. The summed E-state index contributed by atoms with van der Waals surface area (Å²) in [5, 5.41) is 6.91. The van der Waals surface area contributed by atoms with Crippen molar-refractivity contribution in [1.29, 1.82) is 0 Å². The molecule has 0 radical (unpaired) electrons. The van der Waals surface area contributed by atoms with E-state index in [-0.39, 0.29) is 11.9 Å². The second-order valence-electron chi connectivity index (χ2n) is 4.82. The molecule has 116 valence electrons. The molecule has 1 aromatic heterocycles. The molecule has 1 unspecified atom stereocenters. The van der Waals surface area contributed by atoms with E-state index in [2.05, 4.69) is 20.6 Å². The molecular formula is C15H16Cl2N4O. The molecule has 2 rings (SSSR count). The van der Waals surface area contributed by atoms with Gasteiger partial charge in [-0.25, -0.2) is 9.97 Å². The molecule has 1 aromatic carbocycles. The predicted molar refractivity (Wildman–Crippen MR) is 89.0 cm³/mol. The van der Waals surface area contributed by atoms with Crippen LogP contribution in [0.25, 0.3) is 0 Å². The first-order valence-electron chi connectivity index (χ1n) is 6.84. The fraction of sp³-hybridized carbons (Fsp3) is 0.267. The number of benzene rings is 1. The van der Waals surface area contributed by atoms with Crippen LogP contribution >= 0.6 is 23.2 Å². The van der Waals surface area contributed by atoms with E-state index in [0.717, 1.165) is 6.42 Å². The predicted octanol–water partition coefficient (Wildman–Crippen LogP) is 4.06. The van der Waals surface area contributed by atoms with Crippen LogP contribution in [0.1, 0.15) is 30.8 Å². The highest BCUT2D eigenvalue weighted by Crippen LogP contribution is 2.27. The molecule has 0 fully saturated rings. The van der Waals surface area contributed by atoms with Gasteiger partial charge < -0.3 is 10.6 Å². The fourth-order valence-electron chi connectivity index (χ4n) is 1.68. The summed E-state index contributed by atoms with van der Waals surface area (Å²) in [5.41, 5.74) is 0.945. The van der Waals surface area contributed by atoms with Gasteiger partial charge in [-0.3, -0.25) is 4.79 Å². The number of hydrogen-bond acceptors (Lipinski definition) is 4. The lowest BCUT2D eigenvalue weighted by molar-refractivity contribution is 0.0934. The van der Waals surface area contributed by atoms with Gasteiger partial charge in [-0.05, 0) is 31.5 Å². The van der Waals surface area contributed by atoms with Crippen molar-refractivity contribution in [3.8, 4) is 0 Å². The molecule has 0 spiro atoms. The first-order chi connectivity index (χ1) is 10.5. The zero-order chi connectivity index (χ0) is 16.1. The Labute approximate surface area is 139 Å². The van der Waals surface area contributed by atoms with Crippen molar-refractivity contribution in [2.75, 3.05) is 5.32 Å². The van der Waals surface area contributed by atoms with Crippen LogP contribution in [0.4, 0.5) is 11.5 Å². The van der Waals surface area contributed by atoms with Crippen LogP contribution in [0.5, 0.6) is 0 Å². The van der Waals surface area contributed by atoms with Crippen LogP contribution in [0.2, 0.25) is 10.0 Å². The Morgan fingerprint density at radius 3 is 2.73 bits per heavy atom. The van der Waals surface area contributed by atoms with Crippen LogP contribution < -0.4 is 10.6 Å². The molecule has 2 N–H and O–H groups in total. The summed E-state index contributed by atoms with van der Waals surface area (Å²) in [7, 11) is 0. The topological polar surface area (TPSA) is 66.9 Å². The van der Waals surface area contributed by atoms with E-state index >= 15 is 0 Å². The standard InChI is InChI=1S/C15H16Cl2N4O/c1-3-9(2)20-15(22)13-7-14(19-8-18-13)21-12-5-4-10(16)6-11(12)17/h4-9H,3H2,1-2H3,(H,20,22)(H,18,19,21). The number of nitrogens with zero attached hydrogens (tertiary/aromatic N) is 2. The average molecular weight is 339 g/mol. The number of amides is 1. The van der Waals surface area contributed by atoms with Crippen LogP contribution in [-0.4, -0.2) is 21.9 Å². The molecule has 1 amide bonds. The van der Waals surface area contributed by atoms with Crippen molar-refractivity contribution in [2.24, 2.45) is 0 Å².